The van der Waals surface area contributed by atoms with E-state index in [2.05, 4.69) is 4.74 Å². The van der Waals surface area contributed by atoms with Crippen molar-refractivity contribution in [1.29, 1.82) is 0 Å². The Hall–Kier alpha value is -0.230. The Kier molecular flexibility index (Phi) is 2.78. The smallest absolute Gasteiger partial charge is 0.201 e. The van der Waals surface area contributed by atoms with Crippen LogP contribution in [0.5, 0.6) is 0 Å². The molecule has 0 radical (unpaired) electrons. The summed E-state index contributed by atoms with van der Waals surface area (Å²) >= 11 is 0. The summed E-state index contributed by atoms with van der Waals surface area (Å²) in [4.78, 5) is 0. The maximum absolute atomic E-state index is 12.4. The van der Waals surface area contributed by atoms with Crippen LogP contribution in [0.3, 0.4) is 0 Å². The van der Waals surface area contributed by atoms with Gasteiger partial charge in [0.15, 0.2) is 0 Å². The summed E-state index contributed by atoms with van der Waals surface area (Å²) in [6.45, 7) is -0.487. The summed E-state index contributed by atoms with van der Waals surface area (Å²) in [7, 11) is 0. The zero-order chi connectivity index (χ0) is 8.43. The normalized spacial score (nSPS) is 45.8. The van der Waals surface area contributed by atoms with Crippen molar-refractivity contribution in [1.82, 2.24) is 0 Å². The van der Waals surface area contributed by atoms with Crippen LogP contribution in [0, 0.1) is 0 Å². The number of rotatable bonds is 1. The van der Waals surface area contributed by atoms with Crippen molar-refractivity contribution in [2.24, 2.45) is 0 Å². The summed E-state index contributed by atoms with van der Waals surface area (Å²) in [6.07, 6.45) is -5.17. The second kappa shape index (κ2) is 3.44. The van der Waals surface area contributed by atoms with Gasteiger partial charge in [0.1, 0.15) is 12.2 Å². The first-order chi connectivity index (χ1) is 5.15. The van der Waals surface area contributed by atoms with E-state index < -0.39 is 31.3 Å². The van der Waals surface area contributed by atoms with E-state index in [4.69, 9.17) is 15.3 Å². The lowest BCUT2D eigenvalue weighted by Crippen LogP contribution is -2.48. The molecule has 3 N–H and O–H groups in total. The fourth-order valence-corrected chi connectivity index (χ4v) is 1.05. The summed E-state index contributed by atoms with van der Waals surface area (Å²) in [5, 5.41) is 26.6. The first-order valence-electron chi connectivity index (χ1n) is 3.41. The van der Waals surface area contributed by atoms with Gasteiger partial charge in [-0.2, -0.15) is 0 Å². The van der Waals surface area contributed by atoms with Gasteiger partial charge in [-0.25, -0.2) is 4.39 Å². The lowest BCUT2D eigenvalue weighted by Gasteiger charge is -2.32. The molecular weight excluding hydrogens is 155 g/mol. The van der Waals surface area contributed by atoms with E-state index >= 15 is 0 Å². The van der Waals surface area contributed by atoms with Crippen LogP contribution in [0.15, 0.2) is 0 Å². The molecule has 4 nitrogen and oxygen atoms in total. The van der Waals surface area contributed by atoms with Crippen molar-refractivity contribution >= 4 is 0 Å². The highest BCUT2D eigenvalue weighted by Gasteiger charge is 2.36. The zero-order valence-corrected chi connectivity index (χ0v) is 5.85. The molecule has 1 aliphatic rings. The van der Waals surface area contributed by atoms with Crippen LogP contribution in [0.1, 0.15) is 6.42 Å². The number of alkyl halides is 1. The van der Waals surface area contributed by atoms with Gasteiger partial charge in [-0.1, -0.05) is 0 Å². The molecular formula is C6H11FO4. The van der Waals surface area contributed by atoms with Crippen molar-refractivity contribution in [2.75, 3.05) is 6.61 Å². The first kappa shape index (κ1) is 8.86. The van der Waals surface area contributed by atoms with Crippen LogP contribution in [-0.2, 0) is 4.74 Å². The highest BCUT2D eigenvalue weighted by molar-refractivity contribution is 4.81. The van der Waals surface area contributed by atoms with Crippen molar-refractivity contribution in [2.45, 2.75) is 31.1 Å². The second-order valence-electron chi connectivity index (χ2n) is 2.56. The third-order valence-electron chi connectivity index (χ3n) is 1.70. The lowest BCUT2D eigenvalue weighted by atomic mass is 10.0. The van der Waals surface area contributed by atoms with Gasteiger partial charge in [0.05, 0.1) is 12.7 Å². The van der Waals surface area contributed by atoms with E-state index in [1.165, 1.54) is 0 Å². The van der Waals surface area contributed by atoms with Gasteiger partial charge in [-0.3, -0.25) is 0 Å². The predicted molar refractivity (Wildman–Crippen MR) is 33.5 cm³/mol. The molecule has 0 bridgehead atoms. The molecule has 1 fully saturated rings. The minimum Gasteiger partial charge on any atom is -0.394 e. The first-order valence-corrected chi connectivity index (χ1v) is 3.41. The molecule has 1 saturated heterocycles. The van der Waals surface area contributed by atoms with Crippen molar-refractivity contribution < 1.29 is 24.4 Å². The molecule has 0 aromatic heterocycles. The fourth-order valence-electron chi connectivity index (χ4n) is 1.05. The average molecular weight is 166 g/mol. The second-order valence-corrected chi connectivity index (χ2v) is 2.56. The lowest BCUT2D eigenvalue weighted by molar-refractivity contribution is -0.213. The van der Waals surface area contributed by atoms with E-state index in [1.807, 2.05) is 0 Å². The van der Waals surface area contributed by atoms with Crippen LogP contribution in [0.25, 0.3) is 0 Å². The molecule has 0 spiro atoms. The maximum Gasteiger partial charge on any atom is 0.201 e. The molecule has 1 unspecified atom stereocenters. The monoisotopic (exact) mass is 166 g/mol. The van der Waals surface area contributed by atoms with Crippen LogP contribution in [0.2, 0.25) is 0 Å². The molecule has 0 aromatic carbocycles. The number of aliphatic hydroxyl groups is 3. The van der Waals surface area contributed by atoms with Gasteiger partial charge in [-0.05, 0) is 0 Å². The SMILES string of the molecule is OC[C@H]1OC(F)C[C@@H](O)[C@@H]1O. The molecule has 4 atom stereocenters. The quantitative estimate of drug-likeness (QED) is 0.457. The molecule has 1 heterocycles. The van der Waals surface area contributed by atoms with Crippen LogP contribution < -0.4 is 0 Å². The molecule has 1 aliphatic heterocycles. The topological polar surface area (TPSA) is 69.9 Å². The van der Waals surface area contributed by atoms with Crippen molar-refractivity contribution in [3.05, 3.63) is 0 Å². The molecule has 5 heteroatoms. The molecule has 11 heavy (non-hydrogen) atoms. The molecule has 0 aliphatic carbocycles. The van der Waals surface area contributed by atoms with Crippen molar-refractivity contribution in [3.8, 4) is 0 Å². The highest BCUT2D eigenvalue weighted by atomic mass is 19.1. The number of hydrogen-bond acceptors (Lipinski definition) is 4. The Morgan fingerprint density at radius 3 is 2.64 bits per heavy atom. The van der Waals surface area contributed by atoms with E-state index in [0.717, 1.165) is 0 Å². The Labute approximate surface area is 63.2 Å². The highest BCUT2D eigenvalue weighted by Crippen LogP contribution is 2.20. The van der Waals surface area contributed by atoms with E-state index in [1.54, 1.807) is 0 Å². The van der Waals surface area contributed by atoms with Gasteiger partial charge >= 0.3 is 0 Å². The summed E-state index contributed by atoms with van der Waals surface area (Å²) in [5.41, 5.74) is 0. The third-order valence-corrected chi connectivity index (χ3v) is 1.70. The van der Waals surface area contributed by atoms with Gasteiger partial charge < -0.3 is 20.1 Å². The van der Waals surface area contributed by atoms with Crippen LogP contribution in [-0.4, -0.2) is 46.6 Å². The molecule has 0 amide bonds. The Balaban J connectivity index is 2.51. The third kappa shape index (κ3) is 1.87. The molecule has 1 rings (SSSR count). The van der Waals surface area contributed by atoms with Gasteiger partial charge in [0.2, 0.25) is 6.36 Å². The van der Waals surface area contributed by atoms with E-state index in [-0.39, 0.29) is 6.42 Å². The van der Waals surface area contributed by atoms with Gasteiger partial charge in [0, 0.05) is 6.42 Å². The van der Waals surface area contributed by atoms with Gasteiger partial charge in [0.25, 0.3) is 0 Å². The minimum atomic E-state index is -1.59. The number of aliphatic hydroxyl groups excluding tert-OH is 3. The van der Waals surface area contributed by atoms with Gasteiger partial charge in [-0.15, -0.1) is 0 Å². The number of hydrogen-bond donors (Lipinski definition) is 3. The predicted octanol–water partition coefficient (Wildman–Crippen LogP) is -1.22. The summed E-state index contributed by atoms with van der Waals surface area (Å²) in [6, 6.07) is 0. The maximum atomic E-state index is 12.4. The number of ether oxygens (including phenoxy) is 1. The average Bonchev–Trinajstić information content (AvgIpc) is 1.96. The van der Waals surface area contributed by atoms with E-state index in [0.29, 0.717) is 0 Å². The zero-order valence-electron chi connectivity index (χ0n) is 5.85. The van der Waals surface area contributed by atoms with E-state index in [9.17, 15) is 4.39 Å². The summed E-state index contributed by atoms with van der Waals surface area (Å²) in [5.74, 6) is 0. The standard InChI is InChI=1S/C6H11FO4/c7-5-1-3(9)6(10)4(2-8)11-5/h3-6,8-10H,1-2H2/t3-,4-,5?,6+/m1/s1. The molecule has 0 aromatic rings. The van der Waals surface area contributed by atoms with Crippen molar-refractivity contribution in [3.63, 3.8) is 0 Å². The molecule has 66 valence electrons. The Morgan fingerprint density at radius 2 is 2.09 bits per heavy atom. The minimum absolute atomic E-state index is 0.238. The van der Waals surface area contributed by atoms with Crippen LogP contribution in [0.4, 0.5) is 4.39 Å². The fraction of sp³-hybridized carbons (Fsp3) is 1.00. The number of halogens is 1. The van der Waals surface area contributed by atoms with Crippen LogP contribution >= 0.6 is 0 Å². The Bertz CT molecular complexity index is 132. The molecule has 0 saturated carbocycles. The largest absolute Gasteiger partial charge is 0.394 e. The summed E-state index contributed by atoms with van der Waals surface area (Å²) < 4.78 is 16.9. The Morgan fingerprint density at radius 1 is 1.45 bits per heavy atom.